The number of ether oxygens (including phenoxy) is 1. The van der Waals surface area contributed by atoms with Gasteiger partial charge in [-0.3, -0.25) is 15.1 Å². The molecular weight excluding hydrogens is 396 g/mol. The average Bonchev–Trinajstić information content (AvgIpc) is 2.68. The van der Waals surface area contributed by atoms with E-state index in [-0.39, 0.29) is 35.3 Å². The van der Waals surface area contributed by atoms with Crippen molar-refractivity contribution in [2.45, 2.75) is 10.9 Å². The fraction of sp³-hybridized carbons (Fsp3) is 0.312. The van der Waals surface area contributed by atoms with E-state index in [1.165, 1.54) is 23.5 Å². The first-order valence-electron chi connectivity index (χ1n) is 7.90. The van der Waals surface area contributed by atoms with E-state index in [4.69, 9.17) is 4.74 Å². The predicted octanol–water partition coefficient (Wildman–Crippen LogP) is 1.76. The van der Waals surface area contributed by atoms with Crippen LogP contribution in [0.2, 0.25) is 0 Å². The Balaban J connectivity index is 0.00000261. The predicted molar refractivity (Wildman–Crippen MR) is 101 cm³/mol. The van der Waals surface area contributed by atoms with Crippen molar-refractivity contribution in [3.8, 4) is 5.75 Å². The van der Waals surface area contributed by atoms with E-state index >= 15 is 0 Å². The molecule has 0 radical (unpaired) electrons. The van der Waals surface area contributed by atoms with Crippen molar-refractivity contribution in [1.29, 1.82) is 0 Å². The number of aromatic nitrogens is 1. The van der Waals surface area contributed by atoms with Crippen molar-refractivity contribution < 1.29 is 18.1 Å². The highest BCUT2D eigenvalue weighted by Gasteiger charge is 2.37. The molecule has 0 amide bonds. The molecule has 1 aromatic carbocycles. The van der Waals surface area contributed by atoms with Crippen LogP contribution in [0.3, 0.4) is 0 Å². The lowest BCUT2D eigenvalue weighted by atomic mass is 10.1. The van der Waals surface area contributed by atoms with E-state index < -0.39 is 21.0 Å². The summed E-state index contributed by atoms with van der Waals surface area (Å²) in [6.07, 6.45) is 3.23. The third-order valence-electron chi connectivity index (χ3n) is 4.21. The number of rotatable bonds is 5. The summed E-state index contributed by atoms with van der Waals surface area (Å²) in [6.45, 7) is 1.13. The van der Waals surface area contributed by atoms with E-state index in [1.807, 2.05) is 0 Å². The molecule has 11 heteroatoms. The number of halogens is 1. The minimum Gasteiger partial charge on any atom is -0.495 e. The van der Waals surface area contributed by atoms with Gasteiger partial charge in [0.25, 0.3) is 5.69 Å². The number of piperazine rings is 1. The minimum atomic E-state index is -4.02. The minimum absolute atomic E-state index is 0. The molecule has 1 aliphatic rings. The average molecular weight is 415 g/mol. The second-order valence-corrected chi connectivity index (χ2v) is 7.57. The Morgan fingerprint density at radius 2 is 2.15 bits per heavy atom. The van der Waals surface area contributed by atoms with Gasteiger partial charge in [-0.2, -0.15) is 4.31 Å². The Morgan fingerprint density at radius 3 is 2.78 bits per heavy atom. The second-order valence-electron chi connectivity index (χ2n) is 5.71. The molecule has 1 saturated heterocycles. The topological polar surface area (TPSA) is 115 Å². The van der Waals surface area contributed by atoms with Gasteiger partial charge in [0.1, 0.15) is 10.6 Å². The molecular formula is C16H19ClN4O5S. The first-order chi connectivity index (χ1) is 12.4. The van der Waals surface area contributed by atoms with E-state index in [0.717, 1.165) is 11.6 Å². The zero-order chi connectivity index (χ0) is 18.7. The Hall–Kier alpha value is -2.27. The largest absolute Gasteiger partial charge is 0.495 e. The Morgan fingerprint density at radius 1 is 1.37 bits per heavy atom. The van der Waals surface area contributed by atoms with Crippen LogP contribution in [0.5, 0.6) is 5.75 Å². The summed E-state index contributed by atoms with van der Waals surface area (Å²) in [7, 11) is -2.69. The number of benzene rings is 1. The maximum absolute atomic E-state index is 13.3. The zero-order valence-electron chi connectivity index (χ0n) is 14.4. The summed E-state index contributed by atoms with van der Waals surface area (Å²) >= 11 is 0. The maximum atomic E-state index is 13.3. The van der Waals surface area contributed by atoms with Gasteiger partial charge in [0.2, 0.25) is 10.0 Å². The van der Waals surface area contributed by atoms with Crippen molar-refractivity contribution >= 4 is 28.1 Å². The summed E-state index contributed by atoms with van der Waals surface area (Å²) in [4.78, 5) is 14.3. The number of nitro groups is 1. The van der Waals surface area contributed by atoms with Crippen molar-refractivity contribution in [3.05, 3.63) is 58.4 Å². The molecule has 1 atom stereocenters. The van der Waals surface area contributed by atoms with Crippen molar-refractivity contribution in [3.63, 3.8) is 0 Å². The monoisotopic (exact) mass is 414 g/mol. The molecule has 0 bridgehead atoms. The summed E-state index contributed by atoms with van der Waals surface area (Å²) in [6, 6.07) is 6.63. The normalized spacial score (nSPS) is 17.7. The molecule has 9 nitrogen and oxygen atoms in total. The van der Waals surface area contributed by atoms with Gasteiger partial charge in [-0.05, 0) is 17.7 Å². The Bertz CT molecular complexity index is 910. The Labute approximate surface area is 163 Å². The quantitative estimate of drug-likeness (QED) is 0.585. The number of sulfonamides is 1. The van der Waals surface area contributed by atoms with Crippen LogP contribution >= 0.6 is 12.4 Å². The van der Waals surface area contributed by atoms with Gasteiger partial charge in [0.15, 0.2) is 0 Å². The lowest BCUT2D eigenvalue weighted by molar-refractivity contribution is -0.385. The highest BCUT2D eigenvalue weighted by Crippen LogP contribution is 2.34. The number of pyridine rings is 1. The number of methoxy groups -OCH3 is 1. The summed E-state index contributed by atoms with van der Waals surface area (Å²) in [5.74, 6) is 0.0686. The van der Waals surface area contributed by atoms with Crippen molar-refractivity contribution in [2.75, 3.05) is 26.7 Å². The van der Waals surface area contributed by atoms with Crippen LogP contribution in [0.25, 0.3) is 0 Å². The van der Waals surface area contributed by atoms with Crippen molar-refractivity contribution in [2.24, 2.45) is 0 Å². The first kappa shape index (κ1) is 21.0. The van der Waals surface area contributed by atoms with Crippen LogP contribution in [0.4, 0.5) is 5.69 Å². The molecule has 146 valence electrons. The van der Waals surface area contributed by atoms with E-state index in [2.05, 4.69) is 10.3 Å². The molecule has 0 aliphatic carbocycles. The molecule has 1 aliphatic heterocycles. The molecule has 1 unspecified atom stereocenters. The number of nitrogens with one attached hydrogen (secondary N) is 1. The zero-order valence-corrected chi connectivity index (χ0v) is 16.1. The van der Waals surface area contributed by atoms with Gasteiger partial charge in [-0.25, -0.2) is 8.42 Å². The third kappa shape index (κ3) is 4.19. The standard InChI is InChI=1S/C16H18N4O5S.ClH/c1-25-15-5-4-13(20(21)22)9-16(15)26(23,24)19-8-7-18-11-14(19)12-3-2-6-17-10-12;/h2-6,9-10,14,18H,7-8,11H2,1H3;1H. The van der Waals surface area contributed by atoms with Gasteiger partial charge in [0, 0.05) is 44.2 Å². The summed E-state index contributed by atoms with van der Waals surface area (Å²) in [5, 5.41) is 14.3. The van der Waals surface area contributed by atoms with Gasteiger partial charge in [-0.1, -0.05) is 6.07 Å². The second kappa shape index (κ2) is 8.61. The highest BCUT2D eigenvalue weighted by atomic mass is 35.5. The van der Waals surface area contributed by atoms with Crippen molar-refractivity contribution in [1.82, 2.24) is 14.6 Å². The van der Waals surface area contributed by atoms with Crippen LogP contribution in [-0.2, 0) is 10.0 Å². The van der Waals surface area contributed by atoms with Gasteiger partial charge in [0.05, 0.1) is 18.1 Å². The van der Waals surface area contributed by atoms with E-state index in [0.29, 0.717) is 13.1 Å². The van der Waals surface area contributed by atoms with E-state index in [9.17, 15) is 18.5 Å². The number of nitrogens with zero attached hydrogens (tertiary/aromatic N) is 3. The molecule has 3 rings (SSSR count). The van der Waals surface area contributed by atoms with Crippen LogP contribution in [0.15, 0.2) is 47.6 Å². The molecule has 0 saturated carbocycles. The number of non-ortho nitro benzene ring substituents is 1. The number of hydrogen-bond acceptors (Lipinski definition) is 7. The number of hydrogen-bond donors (Lipinski definition) is 1. The van der Waals surface area contributed by atoms with Gasteiger partial charge < -0.3 is 10.1 Å². The van der Waals surface area contributed by atoms with Crippen LogP contribution in [-0.4, -0.2) is 49.4 Å². The molecule has 2 aromatic rings. The molecule has 1 fully saturated rings. The SMILES string of the molecule is COc1ccc([N+](=O)[O-])cc1S(=O)(=O)N1CCNCC1c1cccnc1.Cl. The van der Waals surface area contributed by atoms with Crippen LogP contribution in [0, 0.1) is 10.1 Å². The highest BCUT2D eigenvalue weighted by molar-refractivity contribution is 7.89. The van der Waals surface area contributed by atoms with Gasteiger partial charge in [-0.15, -0.1) is 12.4 Å². The maximum Gasteiger partial charge on any atom is 0.271 e. The molecule has 1 aromatic heterocycles. The fourth-order valence-corrected chi connectivity index (χ4v) is 4.73. The molecule has 0 spiro atoms. The lowest BCUT2D eigenvalue weighted by Gasteiger charge is -2.35. The smallest absolute Gasteiger partial charge is 0.271 e. The molecule has 27 heavy (non-hydrogen) atoms. The molecule has 2 heterocycles. The number of nitro benzene ring substituents is 1. The molecule has 1 N–H and O–H groups in total. The van der Waals surface area contributed by atoms with Crippen LogP contribution in [0.1, 0.15) is 11.6 Å². The Kier molecular flexibility index (Phi) is 6.71. The third-order valence-corrected chi connectivity index (χ3v) is 6.14. The lowest BCUT2D eigenvalue weighted by Crippen LogP contribution is -2.48. The van der Waals surface area contributed by atoms with Gasteiger partial charge >= 0.3 is 0 Å². The first-order valence-corrected chi connectivity index (χ1v) is 9.34. The van der Waals surface area contributed by atoms with E-state index in [1.54, 1.807) is 24.5 Å². The summed E-state index contributed by atoms with van der Waals surface area (Å²) < 4.78 is 33.1. The van der Waals surface area contributed by atoms with Crippen LogP contribution < -0.4 is 10.1 Å². The fourth-order valence-electron chi connectivity index (χ4n) is 2.94. The summed E-state index contributed by atoms with van der Waals surface area (Å²) in [5.41, 5.74) is 0.435.